The molecule has 0 saturated heterocycles. The van der Waals surface area contributed by atoms with Crippen LogP contribution in [0.5, 0.6) is 0 Å². The fourth-order valence-corrected chi connectivity index (χ4v) is 4.29. The van der Waals surface area contributed by atoms with Crippen LogP contribution in [0.15, 0.2) is 72.8 Å². The zero-order valence-corrected chi connectivity index (χ0v) is 18.9. The molecular formula is C27H26N2O5. The van der Waals surface area contributed by atoms with Crippen molar-refractivity contribution in [1.29, 1.82) is 0 Å². The zero-order valence-electron chi connectivity index (χ0n) is 18.9. The van der Waals surface area contributed by atoms with E-state index in [2.05, 4.69) is 17.4 Å². The summed E-state index contributed by atoms with van der Waals surface area (Å²) in [5.74, 6) is -1.34. The average Bonchev–Trinajstić information content (AvgIpc) is 3.18. The highest BCUT2D eigenvalue weighted by atomic mass is 16.5. The van der Waals surface area contributed by atoms with Crippen LogP contribution in [0.2, 0.25) is 0 Å². The third-order valence-electron chi connectivity index (χ3n) is 6.12. The van der Waals surface area contributed by atoms with Gasteiger partial charge in [0.15, 0.2) is 0 Å². The molecule has 7 nitrogen and oxygen atoms in total. The quantitative estimate of drug-likeness (QED) is 0.533. The summed E-state index contributed by atoms with van der Waals surface area (Å²) in [6.45, 7) is 0.305. The van der Waals surface area contributed by atoms with Crippen molar-refractivity contribution in [3.8, 4) is 11.1 Å². The lowest BCUT2D eigenvalue weighted by Crippen LogP contribution is -2.39. The third kappa shape index (κ3) is 4.93. The molecule has 4 rings (SSSR count). The standard InChI is InChI=1S/C27H26N2O5/c1-29(15-14-18-8-2-3-9-19(18)26(31)32)25(30)16-28-27(33)34-17-24-22-12-6-4-10-20(22)21-11-5-7-13-23(21)24/h2-13,24H,14-17H2,1H3,(H,28,33)(H,31,32). The smallest absolute Gasteiger partial charge is 0.407 e. The molecule has 0 saturated carbocycles. The second kappa shape index (κ2) is 10.2. The van der Waals surface area contributed by atoms with Crippen molar-refractivity contribution in [2.45, 2.75) is 12.3 Å². The van der Waals surface area contributed by atoms with E-state index in [1.165, 1.54) is 11.0 Å². The lowest BCUT2D eigenvalue weighted by atomic mass is 9.98. The lowest BCUT2D eigenvalue weighted by Gasteiger charge is -2.18. The Labute approximate surface area is 198 Å². The number of rotatable bonds is 8. The van der Waals surface area contributed by atoms with Crippen LogP contribution < -0.4 is 5.32 Å². The molecule has 0 bridgehead atoms. The summed E-state index contributed by atoms with van der Waals surface area (Å²) < 4.78 is 5.46. The summed E-state index contributed by atoms with van der Waals surface area (Å²) in [5.41, 5.74) is 5.41. The molecule has 0 aromatic heterocycles. The summed E-state index contributed by atoms with van der Waals surface area (Å²) in [6.07, 6.45) is -0.254. The molecule has 2 N–H and O–H groups in total. The number of amides is 2. The van der Waals surface area contributed by atoms with Gasteiger partial charge in [-0.15, -0.1) is 0 Å². The maximum Gasteiger partial charge on any atom is 0.407 e. The van der Waals surface area contributed by atoms with Crippen LogP contribution in [-0.4, -0.2) is 54.7 Å². The van der Waals surface area contributed by atoms with E-state index < -0.39 is 12.1 Å². The monoisotopic (exact) mass is 458 g/mol. The van der Waals surface area contributed by atoms with Crippen LogP contribution in [-0.2, 0) is 16.0 Å². The summed E-state index contributed by atoms with van der Waals surface area (Å²) in [6, 6.07) is 22.9. The highest BCUT2D eigenvalue weighted by molar-refractivity contribution is 5.89. The number of nitrogens with zero attached hydrogens (tertiary/aromatic N) is 1. The predicted molar refractivity (Wildman–Crippen MR) is 128 cm³/mol. The zero-order chi connectivity index (χ0) is 24.1. The predicted octanol–water partition coefficient (Wildman–Crippen LogP) is 3.92. The van der Waals surface area contributed by atoms with E-state index in [0.29, 0.717) is 18.5 Å². The van der Waals surface area contributed by atoms with Gasteiger partial charge in [0.2, 0.25) is 5.91 Å². The Hall–Kier alpha value is -4.13. The van der Waals surface area contributed by atoms with Crippen molar-refractivity contribution in [1.82, 2.24) is 10.2 Å². The van der Waals surface area contributed by atoms with E-state index in [-0.39, 0.29) is 30.5 Å². The number of hydrogen-bond acceptors (Lipinski definition) is 4. The number of benzene rings is 3. The number of hydrogen-bond donors (Lipinski definition) is 2. The molecule has 0 fully saturated rings. The average molecular weight is 459 g/mol. The molecule has 0 atom stereocenters. The first-order valence-electron chi connectivity index (χ1n) is 11.1. The Kier molecular flexibility index (Phi) is 6.92. The van der Waals surface area contributed by atoms with Gasteiger partial charge in [0, 0.05) is 19.5 Å². The number of nitrogens with one attached hydrogen (secondary N) is 1. The van der Waals surface area contributed by atoms with Crippen molar-refractivity contribution in [3.05, 3.63) is 95.1 Å². The van der Waals surface area contributed by atoms with Gasteiger partial charge < -0.3 is 20.1 Å². The summed E-state index contributed by atoms with van der Waals surface area (Å²) in [4.78, 5) is 37.5. The number of carbonyl (C=O) groups excluding carboxylic acids is 2. The topological polar surface area (TPSA) is 95.9 Å². The van der Waals surface area contributed by atoms with Gasteiger partial charge in [-0.3, -0.25) is 4.79 Å². The summed E-state index contributed by atoms with van der Waals surface area (Å²) >= 11 is 0. The highest BCUT2D eigenvalue weighted by Crippen LogP contribution is 2.44. The Balaban J connectivity index is 1.27. The molecule has 174 valence electrons. The second-order valence-electron chi connectivity index (χ2n) is 8.21. The number of carboxylic acids is 1. The van der Waals surface area contributed by atoms with Gasteiger partial charge in [-0.1, -0.05) is 66.7 Å². The molecule has 34 heavy (non-hydrogen) atoms. The normalized spacial score (nSPS) is 11.9. The van der Waals surface area contributed by atoms with Crippen molar-refractivity contribution in [2.24, 2.45) is 0 Å². The fraction of sp³-hybridized carbons (Fsp3) is 0.222. The molecule has 1 aliphatic carbocycles. The second-order valence-corrected chi connectivity index (χ2v) is 8.21. The van der Waals surface area contributed by atoms with Crippen LogP contribution in [0.25, 0.3) is 11.1 Å². The SMILES string of the molecule is CN(CCc1ccccc1C(=O)O)C(=O)CNC(=O)OCC1c2ccccc2-c2ccccc21. The maximum atomic E-state index is 12.4. The molecule has 7 heteroatoms. The van der Waals surface area contributed by atoms with Crippen molar-refractivity contribution < 1.29 is 24.2 Å². The third-order valence-corrected chi connectivity index (χ3v) is 6.12. The number of fused-ring (bicyclic) bond motifs is 3. The minimum absolute atomic E-state index is 0.0502. The van der Waals surface area contributed by atoms with Gasteiger partial charge in [-0.05, 0) is 40.3 Å². The van der Waals surface area contributed by atoms with E-state index >= 15 is 0 Å². The Morgan fingerprint density at radius 2 is 1.50 bits per heavy atom. The first-order valence-corrected chi connectivity index (χ1v) is 11.1. The fourth-order valence-electron chi connectivity index (χ4n) is 4.29. The van der Waals surface area contributed by atoms with E-state index in [0.717, 1.165) is 22.3 Å². The van der Waals surface area contributed by atoms with Gasteiger partial charge in [0.1, 0.15) is 13.2 Å². The largest absolute Gasteiger partial charge is 0.478 e. The first kappa shape index (κ1) is 23.0. The van der Waals surface area contributed by atoms with Gasteiger partial charge in [0.25, 0.3) is 0 Å². The van der Waals surface area contributed by atoms with Gasteiger partial charge >= 0.3 is 12.1 Å². The molecule has 2 amide bonds. The summed E-state index contributed by atoms with van der Waals surface area (Å²) in [5, 5.41) is 11.8. The summed E-state index contributed by atoms with van der Waals surface area (Å²) in [7, 11) is 1.62. The number of likely N-dealkylation sites (N-methyl/N-ethyl adjacent to an activating group) is 1. The van der Waals surface area contributed by atoms with E-state index in [4.69, 9.17) is 4.74 Å². The number of alkyl carbamates (subject to hydrolysis) is 1. The van der Waals surface area contributed by atoms with Crippen molar-refractivity contribution in [3.63, 3.8) is 0 Å². The Morgan fingerprint density at radius 3 is 2.15 bits per heavy atom. The van der Waals surface area contributed by atoms with Gasteiger partial charge in [-0.25, -0.2) is 9.59 Å². The van der Waals surface area contributed by atoms with Crippen molar-refractivity contribution >= 4 is 18.0 Å². The lowest BCUT2D eigenvalue weighted by molar-refractivity contribution is -0.128. The minimum Gasteiger partial charge on any atom is -0.478 e. The molecule has 0 spiro atoms. The Bertz CT molecular complexity index is 1180. The molecule has 0 unspecified atom stereocenters. The van der Waals surface area contributed by atoms with Gasteiger partial charge in [0.05, 0.1) is 5.56 Å². The molecule has 0 heterocycles. The number of carbonyl (C=O) groups is 3. The molecule has 1 aliphatic rings. The Morgan fingerprint density at radius 1 is 0.912 bits per heavy atom. The van der Waals surface area contributed by atoms with Gasteiger partial charge in [-0.2, -0.15) is 0 Å². The highest BCUT2D eigenvalue weighted by Gasteiger charge is 2.29. The first-order chi connectivity index (χ1) is 16.5. The van der Waals surface area contributed by atoms with E-state index in [1.54, 1.807) is 25.2 Å². The van der Waals surface area contributed by atoms with Crippen LogP contribution in [0.1, 0.15) is 33.0 Å². The molecule has 3 aromatic rings. The van der Waals surface area contributed by atoms with E-state index in [1.807, 2.05) is 36.4 Å². The number of aromatic carboxylic acids is 1. The van der Waals surface area contributed by atoms with Crippen LogP contribution >= 0.6 is 0 Å². The van der Waals surface area contributed by atoms with Crippen molar-refractivity contribution in [2.75, 3.05) is 26.7 Å². The molecular weight excluding hydrogens is 432 g/mol. The van der Waals surface area contributed by atoms with Crippen LogP contribution in [0.4, 0.5) is 4.79 Å². The number of carboxylic acid groups (broad SMARTS) is 1. The molecule has 0 aliphatic heterocycles. The van der Waals surface area contributed by atoms with E-state index in [9.17, 15) is 19.5 Å². The maximum absolute atomic E-state index is 12.4. The minimum atomic E-state index is -0.999. The van der Waals surface area contributed by atoms with Crippen LogP contribution in [0, 0.1) is 0 Å². The molecule has 3 aromatic carbocycles. The molecule has 0 radical (unpaired) electrons. The number of ether oxygens (including phenoxy) is 1. The van der Waals surface area contributed by atoms with Crippen LogP contribution in [0.3, 0.4) is 0 Å².